The van der Waals surface area contributed by atoms with Crippen molar-refractivity contribution in [3.05, 3.63) is 56.7 Å². The summed E-state index contributed by atoms with van der Waals surface area (Å²) in [5.74, 6) is 0.151. The number of carbonyl (C=O) groups excluding carboxylic acids is 1. The normalized spacial score (nSPS) is 13.8. The molecule has 0 atom stereocenters. The molecule has 0 bridgehead atoms. The van der Waals surface area contributed by atoms with Gasteiger partial charge in [0.15, 0.2) is 16.3 Å². The molecule has 30 heavy (non-hydrogen) atoms. The molecule has 0 saturated heterocycles. The first-order valence-electron chi connectivity index (χ1n) is 9.31. The number of rotatable bonds is 5. The van der Waals surface area contributed by atoms with Crippen LogP contribution in [0.1, 0.15) is 5.56 Å². The predicted molar refractivity (Wildman–Crippen MR) is 117 cm³/mol. The van der Waals surface area contributed by atoms with Crippen LogP contribution in [0.25, 0.3) is 11.2 Å². The van der Waals surface area contributed by atoms with Crippen molar-refractivity contribution >= 4 is 39.9 Å². The van der Waals surface area contributed by atoms with Crippen LogP contribution < -0.4 is 21.9 Å². The average Bonchev–Trinajstić information content (AvgIpc) is 3.34. The van der Waals surface area contributed by atoms with Crippen LogP contribution in [0.2, 0.25) is 0 Å². The van der Waals surface area contributed by atoms with E-state index >= 15 is 0 Å². The van der Waals surface area contributed by atoms with Crippen molar-refractivity contribution in [1.82, 2.24) is 18.7 Å². The van der Waals surface area contributed by atoms with Crippen molar-refractivity contribution in [2.24, 2.45) is 24.8 Å². The van der Waals surface area contributed by atoms with Crippen molar-refractivity contribution in [2.75, 3.05) is 23.7 Å². The molecule has 0 unspecified atom stereocenters. The molecule has 1 aliphatic heterocycles. The number of carbonyl (C=O) groups is 1. The smallest absolute Gasteiger partial charge is 0.332 e. The van der Waals surface area contributed by atoms with Gasteiger partial charge in [-0.15, -0.1) is 0 Å². The lowest BCUT2D eigenvalue weighted by Crippen LogP contribution is -2.37. The summed E-state index contributed by atoms with van der Waals surface area (Å²) in [5.41, 5.74) is 6.06. The van der Waals surface area contributed by atoms with Gasteiger partial charge in [-0.2, -0.15) is 4.98 Å². The van der Waals surface area contributed by atoms with Gasteiger partial charge in [-0.05, 0) is 5.56 Å². The standard InChI is InChI=1S/C19H21N7O3S/c1-23-15-14(16(28)24(2)19(23)29)26(10-12-6-4-3-5-7-12)17(22-15)25-9-8-21-18(25)30-11-13(20)27/h3-7H,8-11H2,1-2H3,(H2,20,27). The number of primary amides is 1. The van der Waals surface area contributed by atoms with Gasteiger partial charge in [-0.1, -0.05) is 42.1 Å². The second-order valence-corrected chi connectivity index (χ2v) is 7.87. The van der Waals surface area contributed by atoms with Gasteiger partial charge in [-0.3, -0.25) is 33.2 Å². The van der Waals surface area contributed by atoms with E-state index in [1.54, 1.807) is 11.6 Å². The third-order valence-corrected chi connectivity index (χ3v) is 5.93. The highest BCUT2D eigenvalue weighted by Gasteiger charge is 2.28. The van der Waals surface area contributed by atoms with Gasteiger partial charge in [0.05, 0.1) is 18.8 Å². The Bertz CT molecular complexity index is 1270. The first-order chi connectivity index (χ1) is 14.4. The summed E-state index contributed by atoms with van der Waals surface area (Å²) in [6, 6.07) is 9.69. The van der Waals surface area contributed by atoms with Crippen LogP contribution in [-0.4, -0.2) is 48.6 Å². The maximum atomic E-state index is 13.0. The lowest BCUT2D eigenvalue weighted by molar-refractivity contribution is -0.115. The van der Waals surface area contributed by atoms with E-state index < -0.39 is 17.2 Å². The molecule has 1 aliphatic rings. The summed E-state index contributed by atoms with van der Waals surface area (Å²) in [6.07, 6.45) is 0. The SMILES string of the molecule is Cn1c(=O)c2c(nc(N3CCN=C3SCC(N)=O)n2Cc2ccccc2)n(C)c1=O. The Hall–Kier alpha value is -3.34. The molecule has 11 heteroatoms. The van der Waals surface area contributed by atoms with E-state index in [0.29, 0.717) is 41.9 Å². The van der Waals surface area contributed by atoms with Gasteiger partial charge in [0.1, 0.15) is 0 Å². The monoisotopic (exact) mass is 427 g/mol. The molecule has 1 amide bonds. The molecular weight excluding hydrogens is 406 g/mol. The largest absolute Gasteiger partial charge is 0.369 e. The number of hydrogen-bond acceptors (Lipinski definition) is 7. The van der Waals surface area contributed by atoms with E-state index in [2.05, 4.69) is 9.98 Å². The molecule has 2 aromatic heterocycles. The van der Waals surface area contributed by atoms with Crippen LogP contribution in [0.3, 0.4) is 0 Å². The molecule has 4 rings (SSSR count). The Kier molecular flexibility index (Phi) is 5.20. The maximum Gasteiger partial charge on any atom is 0.332 e. The number of anilines is 1. The number of hydrogen-bond donors (Lipinski definition) is 1. The van der Waals surface area contributed by atoms with Crippen molar-refractivity contribution in [1.29, 1.82) is 0 Å². The van der Waals surface area contributed by atoms with Crippen LogP contribution in [-0.2, 0) is 25.4 Å². The summed E-state index contributed by atoms with van der Waals surface area (Å²) in [6.45, 7) is 1.48. The zero-order chi connectivity index (χ0) is 21.4. The van der Waals surface area contributed by atoms with E-state index in [-0.39, 0.29) is 5.75 Å². The number of imidazole rings is 1. The topological polar surface area (TPSA) is 121 Å². The Balaban J connectivity index is 1.91. The molecule has 156 valence electrons. The van der Waals surface area contributed by atoms with Crippen LogP contribution in [0.15, 0.2) is 44.9 Å². The summed E-state index contributed by atoms with van der Waals surface area (Å²) in [7, 11) is 3.05. The predicted octanol–water partition coefficient (Wildman–Crippen LogP) is -0.123. The quantitative estimate of drug-likeness (QED) is 0.606. The minimum Gasteiger partial charge on any atom is -0.369 e. The molecule has 0 saturated carbocycles. The zero-order valence-corrected chi connectivity index (χ0v) is 17.4. The number of aryl methyl sites for hydroxylation is 1. The molecule has 0 spiro atoms. The summed E-state index contributed by atoms with van der Waals surface area (Å²) in [4.78, 5) is 47.7. The number of aliphatic imine (C=N–C) groups is 1. The minimum absolute atomic E-state index is 0.0918. The summed E-state index contributed by atoms with van der Waals surface area (Å²) >= 11 is 1.23. The van der Waals surface area contributed by atoms with Crippen LogP contribution >= 0.6 is 11.8 Å². The summed E-state index contributed by atoms with van der Waals surface area (Å²) < 4.78 is 4.25. The average molecular weight is 427 g/mol. The minimum atomic E-state index is -0.443. The van der Waals surface area contributed by atoms with E-state index in [0.717, 1.165) is 10.1 Å². The fourth-order valence-electron chi connectivity index (χ4n) is 3.43. The number of nitrogens with two attached hydrogens (primary N) is 1. The van der Waals surface area contributed by atoms with Gasteiger partial charge >= 0.3 is 5.69 Å². The highest BCUT2D eigenvalue weighted by Crippen LogP contribution is 2.26. The highest BCUT2D eigenvalue weighted by molar-refractivity contribution is 8.14. The van der Waals surface area contributed by atoms with E-state index in [1.165, 1.54) is 23.4 Å². The van der Waals surface area contributed by atoms with Gasteiger partial charge in [0.25, 0.3) is 5.56 Å². The van der Waals surface area contributed by atoms with Crippen molar-refractivity contribution in [3.8, 4) is 0 Å². The highest BCUT2D eigenvalue weighted by atomic mass is 32.2. The number of thioether (sulfide) groups is 1. The number of aromatic nitrogens is 4. The maximum absolute atomic E-state index is 13.0. The van der Waals surface area contributed by atoms with Crippen LogP contribution in [0.4, 0.5) is 5.95 Å². The molecular formula is C19H21N7O3S. The fourth-order valence-corrected chi connectivity index (χ4v) is 4.21. The van der Waals surface area contributed by atoms with Gasteiger partial charge in [-0.25, -0.2) is 4.79 Å². The van der Waals surface area contributed by atoms with E-state index in [4.69, 9.17) is 5.73 Å². The second-order valence-electron chi connectivity index (χ2n) is 6.93. The molecule has 10 nitrogen and oxygen atoms in total. The van der Waals surface area contributed by atoms with Gasteiger partial charge in [0, 0.05) is 20.6 Å². The molecule has 2 N–H and O–H groups in total. The van der Waals surface area contributed by atoms with Crippen molar-refractivity contribution in [3.63, 3.8) is 0 Å². The number of fused-ring (bicyclic) bond motifs is 1. The van der Waals surface area contributed by atoms with Gasteiger partial charge in [0.2, 0.25) is 11.9 Å². The number of benzene rings is 1. The van der Waals surface area contributed by atoms with E-state index in [9.17, 15) is 14.4 Å². The Morgan fingerprint density at radius 2 is 1.90 bits per heavy atom. The molecule has 3 heterocycles. The molecule has 3 aromatic rings. The van der Waals surface area contributed by atoms with Crippen LogP contribution in [0.5, 0.6) is 0 Å². The molecule has 0 radical (unpaired) electrons. The third kappa shape index (κ3) is 3.41. The molecule has 0 fully saturated rings. The number of amidine groups is 1. The Morgan fingerprint density at radius 1 is 1.17 bits per heavy atom. The first-order valence-corrected chi connectivity index (χ1v) is 10.3. The summed E-state index contributed by atoms with van der Waals surface area (Å²) in [5, 5.41) is 0.611. The lowest BCUT2D eigenvalue weighted by Gasteiger charge is -2.20. The second kappa shape index (κ2) is 7.82. The zero-order valence-electron chi connectivity index (χ0n) is 16.6. The van der Waals surface area contributed by atoms with Gasteiger partial charge < -0.3 is 5.73 Å². The Labute approximate surface area is 175 Å². The van der Waals surface area contributed by atoms with Crippen LogP contribution in [0, 0.1) is 0 Å². The number of amides is 1. The first kappa shape index (κ1) is 20.0. The lowest BCUT2D eigenvalue weighted by atomic mass is 10.2. The molecule has 1 aromatic carbocycles. The number of nitrogens with zero attached hydrogens (tertiary/aromatic N) is 6. The third-order valence-electron chi connectivity index (χ3n) is 4.90. The van der Waals surface area contributed by atoms with E-state index in [1.807, 2.05) is 35.2 Å². The Morgan fingerprint density at radius 3 is 2.60 bits per heavy atom. The van der Waals surface area contributed by atoms with Crippen molar-refractivity contribution in [2.45, 2.75) is 6.54 Å². The van der Waals surface area contributed by atoms with Crippen molar-refractivity contribution < 1.29 is 4.79 Å². The fraction of sp³-hybridized carbons (Fsp3) is 0.316. The molecule has 0 aliphatic carbocycles.